The zero-order chi connectivity index (χ0) is 18.9. The van der Waals surface area contributed by atoms with Crippen LogP contribution in [0.1, 0.15) is 41.0 Å². The summed E-state index contributed by atoms with van der Waals surface area (Å²) in [6, 6.07) is 8.87. The molecule has 26 heavy (non-hydrogen) atoms. The van der Waals surface area contributed by atoms with Crippen molar-refractivity contribution in [2.75, 3.05) is 12.8 Å². The van der Waals surface area contributed by atoms with E-state index in [9.17, 15) is 10.1 Å². The molecule has 0 bridgehead atoms. The van der Waals surface area contributed by atoms with Gasteiger partial charge in [-0.25, -0.2) is 4.68 Å². The summed E-state index contributed by atoms with van der Waals surface area (Å²) >= 11 is 0. The second kappa shape index (κ2) is 6.65. The number of fused-ring (bicyclic) bond motifs is 1. The van der Waals surface area contributed by atoms with E-state index in [1.54, 1.807) is 31.4 Å². The fourth-order valence-electron chi connectivity index (χ4n) is 2.95. The van der Waals surface area contributed by atoms with Crippen molar-refractivity contribution in [3.05, 3.63) is 46.6 Å². The minimum absolute atomic E-state index is 0.220. The lowest BCUT2D eigenvalue weighted by atomic mass is 9.93. The smallest absolute Gasteiger partial charge is 0.205 e. The number of carbonyl (C=O) groups is 1. The number of hydrogen-bond donors (Lipinski definition) is 1. The van der Waals surface area contributed by atoms with Gasteiger partial charge in [0.15, 0.2) is 0 Å². The predicted octanol–water partition coefficient (Wildman–Crippen LogP) is 2.52. The monoisotopic (exact) mass is 352 g/mol. The van der Waals surface area contributed by atoms with Crippen LogP contribution in [0.15, 0.2) is 29.4 Å². The molecule has 1 aromatic heterocycles. The zero-order valence-corrected chi connectivity index (χ0v) is 14.9. The quantitative estimate of drug-likeness (QED) is 0.673. The second-order valence-electron chi connectivity index (χ2n) is 6.67. The first-order chi connectivity index (χ1) is 12.4. The second-order valence-corrected chi connectivity index (χ2v) is 6.67. The maximum absolute atomic E-state index is 12.3. The van der Waals surface area contributed by atoms with Gasteiger partial charge in [-0.1, -0.05) is 0 Å². The number of nitrogen functional groups attached to an aromatic ring is 1. The van der Waals surface area contributed by atoms with Crippen LogP contribution in [0.3, 0.4) is 0 Å². The van der Waals surface area contributed by atoms with Crippen LogP contribution in [0.2, 0.25) is 0 Å². The molecule has 1 aliphatic heterocycles. The Kier molecular flexibility index (Phi) is 4.53. The van der Waals surface area contributed by atoms with Gasteiger partial charge >= 0.3 is 0 Å². The summed E-state index contributed by atoms with van der Waals surface area (Å²) in [5.74, 6) is 0.614. The molecule has 2 N–H and O–H groups in total. The Morgan fingerprint density at radius 1 is 1.42 bits per heavy atom. The molecular formula is C19H20N4O3. The lowest BCUT2D eigenvalue weighted by Gasteiger charge is -2.30. The van der Waals surface area contributed by atoms with Gasteiger partial charge in [-0.15, -0.1) is 0 Å². The van der Waals surface area contributed by atoms with Crippen molar-refractivity contribution in [3.8, 4) is 11.8 Å². The highest BCUT2D eigenvalue weighted by Crippen LogP contribution is 2.34. The Labute approximate surface area is 151 Å². The summed E-state index contributed by atoms with van der Waals surface area (Å²) in [4.78, 5) is 12.3. The normalized spacial score (nSPS) is 15.5. The van der Waals surface area contributed by atoms with Crippen LogP contribution in [0.25, 0.3) is 0 Å². The van der Waals surface area contributed by atoms with Crippen LogP contribution < -0.4 is 10.5 Å². The van der Waals surface area contributed by atoms with Crippen molar-refractivity contribution in [3.63, 3.8) is 0 Å². The number of aromatic nitrogens is 1. The van der Waals surface area contributed by atoms with Crippen molar-refractivity contribution >= 4 is 17.8 Å². The molecule has 0 aliphatic carbocycles. The lowest BCUT2D eigenvalue weighted by Crippen LogP contribution is -2.32. The summed E-state index contributed by atoms with van der Waals surface area (Å²) < 4.78 is 12.3. The number of carbonyl (C=O) groups excluding carboxylic acids is 1. The first kappa shape index (κ1) is 17.7. The van der Waals surface area contributed by atoms with Crippen molar-refractivity contribution in [2.45, 2.75) is 32.5 Å². The standard InChI is InChI=1S/C19H20N4O3/c1-19(2)8-14-15(9-20)18(21)23(16(14)11-26-19)22-10-17(24)12-4-6-13(25-3)7-5-12/h4-7,10H,8,11,21H2,1-3H3/b22-10+. The maximum Gasteiger partial charge on any atom is 0.205 e. The fourth-order valence-corrected chi connectivity index (χ4v) is 2.95. The first-order valence-corrected chi connectivity index (χ1v) is 8.15. The van der Waals surface area contributed by atoms with Gasteiger partial charge in [0, 0.05) is 17.5 Å². The lowest BCUT2D eigenvalue weighted by molar-refractivity contribution is -0.0427. The van der Waals surface area contributed by atoms with Crippen molar-refractivity contribution < 1.29 is 14.3 Å². The number of rotatable bonds is 4. The van der Waals surface area contributed by atoms with Crippen molar-refractivity contribution in [2.24, 2.45) is 5.10 Å². The number of anilines is 1. The highest BCUT2D eigenvalue weighted by molar-refractivity contribution is 6.35. The largest absolute Gasteiger partial charge is 0.497 e. The Balaban J connectivity index is 1.92. The fraction of sp³-hybridized carbons (Fsp3) is 0.316. The van der Waals surface area contributed by atoms with E-state index in [4.69, 9.17) is 15.2 Å². The minimum Gasteiger partial charge on any atom is -0.497 e. The van der Waals surface area contributed by atoms with E-state index in [-0.39, 0.29) is 23.8 Å². The molecule has 2 aromatic rings. The highest BCUT2D eigenvalue weighted by atomic mass is 16.5. The maximum atomic E-state index is 12.3. The molecule has 1 aromatic carbocycles. The van der Waals surface area contributed by atoms with Crippen LogP contribution in [0, 0.1) is 11.3 Å². The molecule has 2 heterocycles. The topological polar surface area (TPSA) is 103 Å². The number of ketones is 1. The number of benzene rings is 1. The molecular weight excluding hydrogens is 332 g/mol. The highest BCUT2D eigenvalue weighted by Gasteiger charge is 2.33. The third-order valence-corrected chi connectivity index (χ3v) is 4.37. The van der Waals surface area contributed by atoms with Crippen molar-refractivity contribution in [1.29, 1.82) is 5.26 Å². The molecule has 7 nitrogen and oxygen atoms in total. The number of nitriles is 1. The SMILES string of the molecule is COc1ccc(C(=O)/C=N/n2c(N)c(C#N)c3c2COC(C)(C)C3)cc1. The summed E-state index contributed by atoms with van der Waals surface area (Å²) in [5, 5.41) is 13.7. The molecule has 0 radical (unpaired) electrons. The summed E-state index contributed by atoms with van der Waals surface area (Å²) in [5.41, 5.74) is 8.12. The van der Waals surface area contributed by atoms with Crippen LogP contribution in [-0.4, -0.2) is 29.4 Å². The molecule has 0 unspecified atom stereocenters. The van der Waals surface area contributed by atoms with Gasteiger partial charge < -0.3 is 15.2 Å². The van der Waals surface area contributed by atoms with E-state index < -0.39 is 0 Å². The number of methoxy groups -OCH3 is 1. The van der Waals surface area contributed by atoms with Crippen LogP contribution >= 0.6 is 0 Å². The third-order valence-electron chi connectivity index (χ3n) is 4.37. The van der Waals surface area contributed by atoms with E-state index in [1.165, 1.54) is 10.9 Å². The van der Waals surface area contributed by atoms with E-state index in [1.807, 2.05) is 13.8 Å². The van der Waals surface area contributed by atoms with E-state index in [2.05, 4.69) is 11.2 Å². The zero-order valence-electron chi connectivity index (χ0n) is 14.9. The molecule has 0 fully saturated rings. The van der Waals surface area contributed by atoms with E-state index in [0.717, 1.165) is 5.56 Å². The number of nitrogens with zero attached hydrogens (tertiary/aromatic N) is 3. The number of ether oxygens (including phenoxy) is 2. The molecule has 1 aliphatic rings. The number of Topliss-reactive ketones (excluding diaryl/α,β-unsaturated/α-hetero) is 1. The minimum atomic E-state index is -0.375. The summed E-state index contributed by atoms with van der Waals surface area (Å²) in [7, 11) is 1.56. The van der Waals surface area contributed by atoms with Crippen LogP contribution in [0.5, 0.6) is 5.75 Å². The van der Waals surface area contributed by atoms with Gasteiger partial charge in [0.2, 0.25) is 5.78 Å². The molecule has 134 valence electrons. The molecule has 0 amide bonds. The molecule has 0 spiro atoms. The van der Waals surface area contributed by atoms with Gasteiger partial charge in [0.05, 0.1) is 36.8 Å². The van der Waals surface area contributed by atoms with Crippen LogP contribution in [0.4, 0.5) is 5.82 Å². The van der Waals surface area contributed by atoms with Crippen molar-refractivity contribution in [1.82, 2.24) is 4.68 Å². The Hall–Kier alpha value is -3.11. The molecule has 0 saturated carbocycles. The third kappa shape index (κ3) is 3.19. The molecule has 0 atom stereocenters. The summed E-state index contributed by atoms with van der Waals surface area (Å²) in [6.07, 6.45) is 1.75. The van der Waals surface area contributed by atoms with Gasteiger partial charge in [0.25, 0.3) is 0 Å². The Morgan fingerprint density at radius 2 is 2.12 bits per heavy atom. The molecule has 0 saturated heterocycles. The van der Waals surface area contributed by atoms with E-state index >= 15 is 0 Å². The van der Waals surface area contributed by atoms with Gasteiger partial charge in [-0.3, -0.25) is 4.79 Å². The van der Waals surface area contributed by atoms with Gasteiger partial charge in [-0.05, 0) is 38.1 Å². The van der Waals surface area contributed by atoms with Gasteiger partial charge in [-0.2, -0.15) is 10.4 Å². The molecule has 7 heteroatoms. The van der Waals surface area contributed by atoms with Crippen LogP contribution in [-0.2, 0) is 17.8 Å². The predicted molar refractivity (Wildman–Crippen MR) is 97.3 cm³/mol. The Morgan fingerprint density at radius 3 is 2.73 bits per heavy atom. The Bertz CT molecular complexity index is 918. The average molecular weight is 352 g/mol. The summed E-state index contributed by atoms with van der Waals surface area (Å²) in [6.45, 7) is 4.20. The average Bonchev–Trinajstić information content (AvgIpc) is 2.88. The number of hydrogen-bond acceptors (Lipinski definition) is 6. The van der Waals surface area contributed by atoms with Gasteiger partial charge in [0.1, 0.15) is 17.6 Å². The molecule has 3 rings (SSSR count). The first-order valence-electron chi connectivity index (χ1n) is 8.15. The number of nitrogens with two attached hydrogens (primary N) is 1. The van der Waals surface area contributed by atoms with E-state index in [0.29, 0.717) is 29.0 Å².